The van der Waals surface area contributed by atoms with E-state index in [1.165, 1.54) is 11.1 Å². The summed E-state index contributed by atoms with van der Waals surface area (Å²) in [7, 11) is 0. The van der Waals surface area contributed by atoms with Crippen LogP contribution in [0.1, 0.15) is 44.7 Å². The molecule has 20 heavy (non-hydrogen) atoms. The largest absolute Gasteiger partial charge is 0.354 e. The van der Waals surface area contributed by atoms with Gasteiger partial charge in [-0.15, -0.1) is 0 Å². The van der Waals surface area contributed by atoms with Gasteiger partial charge < -0.3 is 10.6 Å². The number of nitrogens with one attached hydrogen (secondary N) is 2. The van der Waals surface area contributed by atoms with Crippen LogP contribution in [0.25, 0.3) is 0 Å². The van der Waals surface area contributed by atoms with E-state index in [2.05, 4.69) is 49.6 Å². The van der Waals surface area contributed by atoms with Gasteiger partial charge in [-0.3, -0.25) is 4.79 Å². The van der Waals surface area contributed by atoms with Gasteiger partial charge in [0.1, 0.15) is 0 Å². The molecule has 0 bridgehead atoms. The number of aryl methyl sites for hydroxylation is 1. The molecule has 1 aliphatic carbocycles. The molecule has 1 aromatic carbocycles. The molecular weight excluding hydrogens is 248 g/mol. The quantitative estimate of drug-likeness (QED) is 0.865. The molecule has 1 unspecified atom stereocenters. The van der Waals surface area contributed by atoms with Gasteiger partial charge >= 0.3 is 0 Å². The van der Waals surface area contributed by atoms with Gasteiger partial charge in [0.2, 0.25) is 5.91 Å². The van der Waals surface area contributed by atoms with Crippen molar-refractivity contribution in [1.82, 2.24) is 10.6 Å². The van der Waals surface area contributed by atoms with Crippen LogP contribution in [0.5, 0.6) is 0 Å². The number of hydrogen-bond acceptors (Lipinski definition) is 2. The predicted molar refractivity (Wildman–Crippen MR) is 82.9 cm³/mol. The summed E-state index contributed by atoms with van der Waals surface area (Å²) in [4.78, 5) is 12.7. The molecule has 2 atom stereocenters. The molecule has 0 saturated heterocycles. The van der Waals surface area contributed by atoms with Gasteiger partial charge in [0, 0.05) is 12.6 Å². The van der Waals surface area contributed by atoms with E-state index in [1.54, 1.807) is 0 Å². The second kappa shape index (κ2) is 6.40. The summed E-state index contributed by atoms with van der Waals surface area (Å²) >= 11 is 0. The van der Waals surface area contributed by atoms with E-state index in [1.807, 2.05) is 6.07 Å². The maximum Gasteiger partial charge on any atom is 0.230 e. The lowest BCUT2D eigenvalue weighted by Crippen LogP contribution is -2.48. The van der Waals surface area contributed by atoms with Crippen LogP contribution in [0, 0.1) is 0 Å². The molecule has 2 rings (SSSR count). The molecular formula is C17H26N2O. The number of hydrogen-bond donors (Lipinski definition) is 2. The monoisotopic (exact) mass is 274 g/mol. The minimum Gasteiger partial charge on any atom is -0.354 e. The average Bonchev–Trinajstić information content (AvgIpc) is 2.45. The third kappa shape index (κ3) is 3.04. The molecule has 0 spiro atoms. The van der Waals surface area contributed by atoms with Crippen molar-refractivity contribution in [2.24, 2.45) is 0 Å². The van der Waals surface area contributed by atoms with Crippen LogP contribution in [-0.4, -0.2) is 25.0 Å². The maximum absolute atomic E-state index is 12.7. The highest BCUT2D eigenvalue weighted by molar-refractivity contribution is 5.88. The van der Waals surface area contributed by atoms with Crippen LogP contribution in [0.4, 0.5) is 0 Å². The highest BCUT2D eigenvalue weighted by Crippen LogP contribution is 2.37. The average molecular weight is 274 g/mol. The van der Waals surface area contributed by atoms with E-state index < -0.39 is 0 Å². The number of carbonyl (C=O) groups excluding carboxylic acids is 1. The molecule has 110 valence electrons. The first-order chi connectivity index (χ1) is 9.58. The Labute approximate surface area is 122 Å². The topological polar surface area (TPSA) is 41.1 Å². The van der Waals surface area contributed by atoms with Crippen LogP contribution in [0.15, 0.2) is 24.3 Å². The zero-order valence-electron chi connectivity index (χ0n) is 12.8. The summed E-state index contributed by atoms with van der Waals surface area (Å²) < 4.78 is 0. The SMILES string of the molecule is CCN[C@H](C)CNC(=O)C1(C)CCCc2ccccc21. The third-order valence-corrected chi connectivity index (χ3v) is 4.36. The highest BCUT2D eigenvalue weighted by Gasteiger charge is 2.38. The van der Waals surface area contributed by atoms with Crippen LogP contribution in [-0.2, 0) is 16.6 Å². The van der Waals surface area contributed by atoms with Crippen molar-refractivity contribution < 1.29 is 4.79 Å². The van der Waals surface area contributed by atoms with Crippen molar-refractivity contribution in [3.63, 3.8) is 0 Å². The summed E-state index contributed by atoms with van der Waals surface area (Å²) in [5.74, 6) is 0.161. The molecule has 1 amide bonds. The Balaban J connectivity index is 2.09. The van der Waals surface area contributed by atoms with Crippen LogP contribution < -0.4 is 10.6 Å². The number of benzene rings is 1. The van der Waals surface area contributed by atoms with Crippen molar-refractivity contribution in [1.29, 1.82) is 0 Å². The maximum atomic E-state index is 12.7. The third-order valence-electron chi connectivity index (χ3n) is 4.36. The van der Waals surface area contributed by atoms with Crippen LogP contribution in [0.3, 0.4) is 0 Å². The number of carbonyl (C=O) groups is 1. The number of fused-ring (bicyclic) bond motifs is 1. The lowest BCUT2D eigenvalue weighted by atomic mass is 9.70. The van der Waals surface area contributed by atoms with Crippen LogP contribution >= 0.6 is 0 Å². The zero-order chi connectivity index (χ0) is 14.6. The summed E-state index contributed by atoms with van der Waals surface area (Å²) in [5.41, 5.74) is 2.16. The molecule has 3 heteroatoms. The molecule has 2 N–H and O–H groups in total. The van der Waals surface area contributed by atoms with E-state index in [9.17, 15) is 4.79 Å². The second-order valence-corrected chi connectivity index (χ2v) is 6.01. The minimum atomic E-state index is -0.374. The van der Waals surface area contributed by atoms with Crippen molar-refractivity contribution in [2.45, 2.75) is 51.5 Å². The first kappa shape index (κ1) is 15.0. The smallest absolute Gasteiger partial charge is 0.230 e. The Bertz CT molecular complexity index is 472. The van der Waals surface area contributed by atoms with Crippen LogP contribution in [0.2, 0.25) is 0 Å². The Morgan fingerprint density at radius 3 is 2.90 bits per heavy atom. The van der Waals surface area contributed by atoms with Gasteiger partial charge in [0.05, 0.1) is 5.41 Å². The lowest BCUT2D eigenvalue weighted by molar-refractivity contribution is -0.126. The summed E-state index contributed by atoms with van der Waals surface area (Å²) in [5, 5.41) is 6.44. The van der Waals surface area contributed by atoms with E-state index in [0.717, 1.165) is 25.8 Å². The standard InChI is InChI=1S/C17H26N2O/c1-4-18-13(2)12-19-16(20)17(3)11-7-9-14-8-5-6-10-15(14)17/h5-6,8,10,13,18H,4,7,9,11-12H2,1-3H3,(H,19,20)/t13-,17?/m1/s1. The van der Waals surface area contributed by atoms with Gasteiger partial charge in [0.25, 0.3) is 0 Å². The van der Waals surface area contributed by atoms with Gasteiger partial charge in [0.15, 0.2) is 0 Å². The van der Waals surface area contributed by atoms with E-state index in [-0.39, 0.29) is 11.3 Å². The highest BCUT2D eigenvalue weighted by atomic mass is 16.2. The molecule has 1 aliphatic rings. The normalized spacial score (nSPS) is 22.9. The van der Waals surface area contributed by atoms with Gasteiger partial charge in [-0.2, -0.15) is 0 Å². The first-order valence-electron chi connectivity index (χ1n) is 7.68. The molecule has 1 aromatic rings. The Hall–Kier alpha value is -1.35. The molecule has 0 saturated carbocycles. The number of amides is 1. The van der Waals surface area contributed by atoms with E-state index >= 15 is 0 Å². The Kier molecular flexibility index (Phi) is 4.81. The molecule has 0 aliphatic heterocycles. The molecule has 0 heterocycles. The van der Waals surface area contributed by atoms with Crippen molar-refractivity contribution >= 4 is 5.91 Å². The number of rotatable bonds is 5. The predicted octanol–water partition coefficient (Wildman–Crippen LogP) is 2.39. The minimum absolute atomic E-state index is 0.161. The summed E-state index contributed by atoms with van der Waals surface area (Å²) in [6.45, 7) is 7.87. The number of likely N-dealkylation sites (N-methyl/N-ethyl adjacent to an activating group) is 1. The lowest BCUT2D eigenvalue weighted by Gasteiger charge is -2.35. The molecule has 0 fully saturated rings. The Morgan fingerprint density at radius 2 is 2.15 bits per heavy atom. The van der Waals surface area contributed by atoms with Crippen molar-refractivity contribution in [3.05, 3.63) is 35.4 Å². The van der Waals surface area contributed by atoms with Gasteiger partial charge in [-0.25, -0.2) is 0 Å². The molecule has 0 aromatic heterocycles. The summed E-state index contributed by atoms with van der Waals surface area (Å²) in [6.07, 6.45) is 3.11. The van der Waals surface area contributed by atoms with Gasteiger partial charge in [-0.05, 0) is 50.8 Å². The summed E-state index contributed by atoms with van der Waals surface area (Å²) in [6, 6.07) is 8.68. The molecule has 3 nitrogen and oxygen atoms in total. The second-order valence-electron chi connectivity index (χ2n) is 6.01. The van der Waals surface area contributed by atoms with E-state index in [4.69, 9.17) is 0 Å². The first-order valence-corrected chi connectivity index (χ1v) is 7.68. The molecule has 0 radical (unpaired) electrons. The zero-order valence-corrected chi connectivity index (χ0v) is 12.8. The van der Waals surface area contributed by atoms with E-state index in [0.29, 0.717) is 12.6 Å². The van der Waals surface area contributed by atoms with Gasteiger partial charge in [-0.1, -0.05) is 31.2 Å². The fourth-order valence-corrected chi connectivity index (χ4v) is 3.14. The van der Waals surface area contributed by atoms with Crippen molar-refractivity contribution in [3.8, 4) is 0 Å². The fourth-order valence-electron chi connectivity index (χ4n) is 3.14. The van der Waals surface area contributed by atoms with Crippen molar-refractivity contribution in [2.75, 3.05) is 13.1 Å². The Morgan fingerprint density at radius 1 is 1.40 bits per heavy atom. The fraction of sp³-hybridized carbons (Fsp3) is 0.588.